The van der Waals surface area contributed by atoms with E-state index in [1.54, 1.807) is 12.1 Å². The van der Waals surface area contributed by atoms with Crippen molar-refractivity contribution in [3.63, 3.8) is 0 Å². The Morgan fingerprint density at radius 2 is 2.00 bits per heavy atom. The Bertz CT molecular complexity index is 566. The summed E-state index contributed by atoms with van der Waals surface area (Å²) in [6.45, 7) is 6.71. The predicted molar refractivity (Wildman–Crippen MR) is 76.4 cm³/mol. The highest BCUT2D eigenvalue weighted by Crippen LogP contribution is 2.23. The van der Waals surface area contributed by atoms with E-state index in [0.29, 0.717) is 18.3 Å². The topological polar surface area (TPSA) is 62.4 Å². The molecule has 20 heavy (non-hydrogen) atoms. The number of phenolic OH excluding ortho intramolecular Hbond substituents is 1. The van der Waals surface area contributed by atoms with Gasteiger partial charge in [-0.1, -0.05) is 26.0 Å². The van der Waals surface area contributed by atoms with Crippen LogP contribution in [-0.2, 0) is 6.54 Å². The molecule has 1 unspecified atom stereocenters. The highest BCUT2D eigenvalue weighted by Gasteiger charge is 2.16. The van der Waals surface area contributed by atoms with E-state index >= 15 is 0 Å². The molecule has 5 heteroatoms. The Balaban J connectivity index is 2.05. The van der Waals surface area contributed by atoms with Crippen LogP contribution >= 0.6 is 0 Å². The van der Waals surface area contributed by atoms with E-state index in [0.717, 1.165) is 5.56 Å². The molecule has 1 N–H and O–H groups in total. The summed E-state index contributed by atoms with van der Waals surface area (Å²) >= 11 is 0. The van der Waals surface area contributed by atoms with Crippen LogP contribution in [0.3, 0.4) is 0 Å². The number of aromatic hydroxyl groups is 1. The molecule has 1 aromatic carbocycles. The number of aromatic nitrogens is 2. The van der Waals surface area contributed by atoms with Gasteiger partial charge in [0.25, 0.3) is 0 Å². The molecule has 1 aromatic heterocycles. The van der Waals surface area contributed by atoms with Crippen LogP contribution in [0.4, 0.5) is 0 Å². The van der Waals surface area contributed by atoms with Crippen molar-refractivity contribution in [1.29, 1.82) is 0 Å². The molecule has 2 aromatic rings. The lowest BCUT2D eigenvalue weighted by Gasteiger charge is -2.23. The Kier molecular flexibility index (Phi) is 4.39. The second-order valence-electron chi connectivity index (χ2n) is 5.37. The summed E-state index contributed by atoms with van der Waals surface area (Å²) in [6.07, 6.45) is 0. The minimum Gasteiger partial charge on any atom is -0.508 e. The van der Waals surface area contributed by atoms with Gasteiger partial charge in [0, 0.05) is 12.0 Å². The van der Waals surface area contributed by atoms with Crippen molar-refractivity contribution in [1.82, 2.24) is 15.1 Å². The first-order valence-electron chi connectivity index (χ1n) is 6.79. The highest BCUT2D eigenvalue weighted by atomic mass is 16.4. The third-order valence-corrected chi connectivity index (χ3v) is 3.37. The molecule has 0 saturated heterocycles. The van der Waals surface area contributed by atoms with Gasteiger partial charge in [-0.25, -0.2) is 0 Å². The normalized spacial score (nSPS) is 13.1. The quantitative estimate of drug-likeness (QED) is 0.908. The summed E-state index contributed by atoms with van der Waals surface area (Å²) in [5, 5.41) is 17.6. The Morgan fingerprint density at radius 1 is 1.25 bits per heavy atom. The van der Waals surface area contributed by atoms with Crippen molar-refractivity contribution in [2.75, 3.05) is 7.05 Å². The maximum atomic E-state index is 9.54. The van der Waals surface area contributed by atoms with Crippen LogP contribution in [0.1, 0.15) is 50.1 Å². The van der Waals surface area contributed by atoms with Crippen LogP contribution in [-0.4, -0.2) is 27.3 Å². The van der Waals surface area contributed by atoms with Crippen LogP contribution in [0.5, 0.6) is 5.75 Å². The molecular weight excluding hydrogens is 254 g/mol. The van der Waals surface area contributed by atoms with Crippen molar-refractivity contribution in [3.8, 4) is 5.75 Å². The summed E-state index contributed by atoms with van der Waals surface area (Å²) in [5.41, 5.74) is 1.05. The monoisotopic (exact) mass is 275 g/mol. The SMILES string of the molecule is CC(C)c1nnc(CN(C)C(C)c2cccc(O)c2)o1. The van der Waals surface area contributed by atoms with E-state index < -0.39 is 0 Å². The van der Waals surface area contributed by atoms with Gasteiger partial charge in [-0.2, -0.15) is 0 Å². The second-order valence-corrected chi connectivity index (χ2v) is 5.37. The van der Waals surface area contributed by atoms with E-state index in [4.69, 9.17) is 4.42 Å². The summed E-state index contributed by atoms with van der Waals surface area (Å²) in [5.74, 6) is 1.80. The fraction of sp³-hybridized carbons (Fsp3) is 0.467. The van der Waals surface area contributed by atoms with Crippen LogP contribution in [0.2, 0.25) is 0 Å². The molecule has 0 aliphatic carbocycles. The standard InChI is InChI=1S/C15H21N3O2/c1-10(2)15-17-16-14(20-15)9-18(4)11(3)12-6-5-7-13(19)8-12/h5-8,10-11,19H,9H2,1-4H3. The van der Waals surface area contributed by atoms with Crippen molar-refractivity contribution in [3.05, 3.63) is 41.6 Å². The average molecular weight is 275 g/mol. The van der Waals surface area contributed by atoms with Gasteiger partial charge in [-0.05, 0) is 31.7 Å². The molecule has 2 rings (SSSR count). The molecule has 0 bridgehead atoms. The lowest BCUT2D eigenvalue weighted by Crippen LogP contribution is -2.22. The zero-order valence-corrected chi connectivity index (χ0v) is 12.4. The van der Waals surface area contributed by atoms with Crippen LogP contribution in [0.15, 0.2) is 28.7 Å². The first kappa shape index (κ1) is 14.5. The lowest BCUT2D eigenvalue weighted by molar-refractivity contribution is 0.224. The molecule has 0 radical (unpaired) electrons. The first-order chi connectivity index (χ1) is 9.47. The van der Waals surface area contributed by atoms with E-state index in [-0.39, 0.29) is 17.7 Å². The molecule has 0 amide bonds. The van der Waals surface area contributed by atoms with Crippen molar-refractivity contribution in [2.24, 2.45) is 0 Å². The van der Waals surface area contributed by atoms with Gasteiger partial charge in [0.2, 0.25) is 11.8 Å². The molecule has 108 valence electrons. The summed E-state index contributed by atoms with van der Waals surface area (Å²) in [7, 11) is 1.99. The number of phenols is 1. The molecule has 0 saturated carbocycles. The van der Waals surface area contributed by atoms with Gasteiger partial charge in [-0.3, -0.25) is 4.90 Å². The number of rotatable bonds is 5. The molecule has 0 fully saturated rings. The van der Waals surface area contributed by atoms with E-state index in [1.165, 1.54) is 0 Å². The third kappa shape index (κ3) is 3.36. The Morgan fingerprint density at radius 3 is 2.60 bits per heavy atom. The average Bonchev–Trinajstić information content (AvgIpc) is 2.86. The van der Waals surface area contributed by atoms with Crippen molar-refractivity contribution >= 4 is 0 Å². The van der Waals surface area contributed by atoms with Crippen molar-refractivity contribution < 1.29 is 9.52 Å². The fourth-order valence-corrected chi connectivity index (χ4v) is 1.95. The van der Waals surface area contributed by atoms with E-state index in [1.807, 2.05) is 33.0 Å². The first-order valence-corrected chi connectivity index (χ1v) is 6.79. The highest BCUT2D eigenvalue weighted by molar-refractivity contribution is 5.29. The molecular formula is C15H21N3O2. The zero-order chi connectivity index (χ0) is 14.7. The van der Waals surface area contributed by atoms with Crippen LogP contribution in [0, 0.1) is 0 Å². The molecule has 1 atom stereocenters. The Labute approximate surface area is 119 Å². The fourth-order valence-electron chi connectivity index (χ4n) is 1.95. The predicted octanol–water partition coefficient (Wildman–Crippen LogP) is 3.09. The number of nitrogens with zero attached hydrogens (tertiary/aromatic N) is 3. The van der Waals surface area contributed by atoms with Gasteiger partial charge in [-0.15, -0.1) is 10.2 Å². The van der Waals surface area contributed by atoms with E-state index in [2.05, 4.69) is 22.0 Å². The second kappa shape index (κ2) is 6.05. The Hall–Kier alpha value is -1.88. The summed E-state index contributed by atoms with van der Waals surface area (Å²) in [4.78, 5) is 2.10. The zero-order valence-electron chi connectivity index (χ0n) is 12.4. The van der Waals surface area contributed by atoms with Crippen LogP contribution < -0.4 is 0 Å². The maximum Gasteiger partial charge on any atom is 0.230 e. The molecule has 5 nitrogen and oxygen atoms in total. The van der Waals surface area contributed by atoms with Crippen molar-refractivity contribution in [2.45, 2.75) is 39.3 Å². The van der Waals surface area contributed by atoms with Gasteiger partial charge in [0.1, 0.15) is 5.75 Å². The minimum atomic E-state index is 0.150. The smallest absolute Gasteiger partial charge is 0.230 e. The molecule has 0 spiro atoms. The van der Waals surface area contributed by atoms with Crippen LogP contribution in [0.25, 0.3) is 0 Å². The summed E-state index contributed by atoms with van der Waals surface area (Å²) < 4.78 is 5.61. The number of hydrogen-bond acceptors (Lipinski definition) is 5. The van der Waals surface area contributed by atoms with Gasteiger partial charge in [0.05, 0.1) is 6.54 Å². The molecule has 0 aliphatic heterocycles. The molecule has 1 heterocycles. The van der Waals surface area contributed by atoms with Gasteiger partial charge < -0.3 is 9.52 Å². The third-order valence-electron chi connectivity index (χ3n) is 3.37. The van der Waals surface area contributed by atoms with Gasteiger partial charge >= 0.3 is 0 Å². The number of benzene rings is 1. The molecule has 0 aliphatic rings. The van der Waals surface area contributed by atoms with Gasteiger partial charge in [0.15, 0.2) is 0 Å². The minimum absolute atomic E-state index is 0.150. The number of hydrogen-bond donors (Lipinski definition) is 1. The largest absolute Gasteiger partial charge is 0.508 e. The lowest BCUT2D eigenvalue weighted by atomic mass is 10.1. The maximum absolute atomic E-state index is 9.54. The van der Waals surface area contributed by atoms with E-state index in [9.17, 15) is 5.11 Å². The summed E-state index contributed by atoms with van der Waals surface area (Å²) in [6, 6.07) is 7.43.